The monoisotopic (exact) mass is 257 g/mol. The van der Waals surface area contributed by atoms with Crippen molar-refractivity contribution in [3.05, 3.63) is 53.8 Å². The van der Waals surface area contributed by atoms with Crippen LogP contribution in [0.1, 0.15) is 10.4 Å². The van der Waals surface area contributed by atoms with E-state index in [2.05, 4.69) is 10.3 Å². The summed E-state index contributed by atoms with van der Waals surface area (Å²) in [5, 5.41) is 16.6. The van der Waals surface area contributed by atoms with Crippen molar-refractivity contribution in [3.8, 4) is 5.69 Å². The summed E-state index contributed by atoms with van der Waals surface area (Å²) in [6, 6.07) is 10.8. The summed E-state index contributed by atoms with van der Waals surface area (Å²) in [7, 11) is 0. The fourth-order valence-corrected chi connectivity index (χ4v) is 1.86. The molecule has 0 spiro atoms. The highest BCUT2D eigenvalue weighted by atomic mass is 19.1. The zero-order valence-corrected chi connectivity index (χ0v) is 9.62. The van der Waals surface area contributed by atoms with Gasteiger partial charge in [-0.1, -0.05) is 17.3 Å². The number of rotatable bonds is 2. The molecule has 3 rings (SSSR count). The van der Waals surface area contributed by atoms with Crippen LogP contribution in [0.2, 0.25) is 0 Å². The van der Waals surface area contributed by atoms with Gasteiger partial charge in [-0.25, -0.2) is 13.9 Å². The second-order valence-electron chi connectivity index (χ2n) is 3.96. The Hall–Kier alpha value is -2.76. The van der Waals surface area contributed by atoms with Gasteiger partial charge < -0.3 is 5.11 Å². The number of carboxylic acid groups (broad SMARTS) is 1. The molecule has 94 valence electrons. The molecule has 5 nitrogen and oxygen atoms in total. The van der Waals surface area contributed by atoms with Gasteiger partial charge in [0.1, 0.15) is 17.0 Å². The van der Waals surface area contributed by atoms with E-state index in [1.807, 2.05) is 6.07 Å². The number of benzene rings is 2. The van der Waals surface area contributed by atoms with Gasteiger partial charge in [0.05, 0.1) is 11.1 Å². The third-order valence-electron chi connectivity index (χ3n) is 2.77. The zero-order chi connectivity index (χ0) is 13.4. The number of carboxylic acids is 1. The lowest BCUT2D eigenvalue weighted by molar-refractivity contribution is 0.0696. The number of halogens is 1. The number of carbonyl (C=O) groups is 1. The van der Waals surface area contributed by atoms with E-state index in [1.54, 1.807) is 18.2 Å². The van der Waals surface area contributed by atoms with Crippen molar-refractivity contribution in [3.63, 3.8) is 0 Å². The van der Waals surface area contributed by atoms with Crippen LogP contribution in [-0.4, -0.2) is 26.1 Å². The van der Waals surface area contributed by atoms with E-state index in [4.69, 9.17) is 5.11 Å². The fourth-order valence-electron chi connectivity index (χ4n) is 1.86. The molecule has 0 radical (unpaired) electrons. The quantitative estimate of drug-likeness (QED) is 0.764. The van der Waals surface area contributed by atoms with Crippen molar-refractivity contribution < 1.29 is 14.3 Å². The maximum Gasteiger partial charge on any atom is 0.335 e. The van der Waals surface area contributed by atoms with Crippen LogP contribution in [0, 0.1) is 5.82 Å². The molecule has 0 bridgehead atoms. The Labute approximate surface area is 106 Å². The number of para-hydroxylation sites is 1. The van der Waals surface area contributed by atoms with Gasteiger partial charge in [-0.2, -0.15) is 0 Å². The van der Waals surface area contributed by atoms with Crippen LogP contribution in [0.4, 0.5) is 4.39 Å². The van der Waals surface area contributed by atoms with E-state index in [1.165, 1.54) is 16.8 Å². The Morgan fingerprint density at radius 3 is 2.74 bits per heavy atom. The lowest BCUT2D eigenvalue weighted by Crippen LogP contribution is -2.03. The maximum atomic E-state index is 13.9. The molecule has 1 N–H and O–H groups in total. The SMILES string of the molecule is O=C(O)c1ccc(-n2nnc3ccccc32)c(F)c1. The first kappa shape index (κ1) is 11.3. The van der Waals surface area contributed by atoms with E-state index in [9.17, 15) is 9.18 Å². The Balaban J connectivity index is 2.19. The lowest BCUT2D eigenvalue weighted by atomic mass is 10.2. The number of aromatic carboxylic acids is 1. The van der Waals surface area contributed by atoms with Gasteiger partial charge >= 0.3 is 5.97 Å². The van der Waals surface area contributed by atoms with E-state index >= 15 is 0 Å². The normalized spacial score (nSPS) is 10.8. The molecule has 2 aromatic carbocycles. The van der Waals surface area contributed by atoms with Crippen LogP contribution in [-0.2, 0) is 0 Å². The molecule has 0 saturated heterocycles. The first-order valence-corrected chi connectivity index (χ1v) is 5.50. The molecule has 1 aromatic heterocycles. The summed E-state index contributed by atoms with van der Waals surface area (Å²) in [4.78, 5) is 10.8. The first-order valence-electron chi connectivity index (χ1n) is 5.50. The fraction of sp³-hybridized carbons (Fsp3) is 0. The molecule has 0 aliphatic carbocycles. The van der Waals surface area contributed by atoms with Crippen LogP contribution in [0.15, 0.2) is 42.5 Å². The topological polar surface area (TPSA) is 68.0 Å². The summed E-state index contributed by atoms with van der Waals surface area (Å²) in [5.74, 6) is -1.83. The largest absolute Gasteiger partial charge is 0.478 e. The number of fused-ring (bicyclic) bond motifs is 1. The van der Waals surface area contributed by atoms with E-state index < -0.39 is 11.8 Å². The molecular weight excluding hydrogens is 249 g/mol. The molecular formula is C13H8FN3O2. The van der Waals surface area contributed by atoms with Gasteiger partial charge in [0.15, 0.2) is 0 Å². The summed E-state index contributed by atoms with van der Waals surface area (Å²) in [6.45, 7) is 0. The summed E-state index contributed by atoms with van der Waals surface area (Å²) >= 11 is 0. The maximum absolute atomic E-state index is 13.9. The minimum Gasteiger partial charge on any atom is -0.478 e. The standard InChI is InChI=1S/C13H8FN3O2/c14-9-7-8(13(18)19)5-6-11(9)17-12-4-2-1-3-10(12)15-16-17/h1-7H,(H,18,19). The van der Waals surface area contributed by atoms with E-state index in [-0.39, 0.29) is 11.3 Å². The Morgan fingerprint density at radius 1 is 1.21 bits per heavy atom. The Morgan fingerprint density at radius 2 is 2.00 bits per heavy atom. The van der Waals surface area contributed by atoms with Gasteiger partial charge in [-0.05, 0) is 30.3 Å². The lowest BCUT2D eigenvalue weighted by Gasteiger charge is -2.04. The average Bonchev–Trinajstić information content (AvgIpc) is 2.82. The van der Waals surface area contributed by atoms with Crippen LogP contribution in [0.5, 0.6) is 0 Å². The van der Waals surface area contributed by atoms with Crippen LogP contribution >= 0.6 is 0 Å². The van der Waals surface area contributed by atoms with Gasteiger partial charge in [-0.15, -0.1) is 5.10 Å². The predicted molar refractivity (Wildman–Crippen MR) is 65.8 cm³/mol. The third-order valence-corrected chi connectivity index (χ3v) is 2.77. The summed E-state index contributed by atoms with van der Waals surface area (Å²) < 4.78 is 15.3. The van der Waals surface area contributed by atoms with Gasteiger partial charge in [0.25, 0.3) is 0 Å². The molecule has 19 heavy (non-hydrogen) atoms. The molecule has 3 aromatic rings. The molecule has 0 saturated carbocycles. The zero-order valence-electron chi connectivity index (χ0n) is 9.62. The van der Waals surface area contributed by atoms with Crippen LogP contribution in [0.3, 0.4) is 0 Å². The van der Waals surface area contributed by atoms with Crippen molar-refractivity contribution in [2.45, 2.75) is 0 Å². The van der Waals surface area contributed by atoms with Crippen LogP contribution in [0.25, 0.3) is 16.7 Å². The van der Waals surface area contributed by atoms with E-state index in [0.717, 1.165) is 6.07 Å². The molecule has 0 atom stereocenters. The van der Waals surface area contributed by atoms with E-state index in [0.29, 0.717) is 11.0 Å². The molecule has 0 aliphatic rings. The average molecular weight is 257 g/mol. The van der Waals surface area contributed by atoms with Gasteiger partial charge in [0, 0.05) is 0 Å². The molecule has 0 aliphatic heterocycles. The van der Waals surface area contributed by atoms with Crippen molar-refractivity contribution in [2.24, 2.45) is 0 Å². The molecule has 0 unspecified atom stereocenters. The number of aromatic nitrogens is 3. The third kappa shape index (κ3) is 1.83. The highest BCUT2D eigenvalue weighted by Gasteiger charge is 2.13. The highest BCUT2D eigenvalue weighted by Crippen LogP contribution is 2.19. The predicted octanol–water partition coefficient (Wildman–Crippen LogP) is 2.26. The Kier molecular flexibility index (Phi) is 2.49. The van der Waals surface area contributed by atoms with Crippen LogP contribution < -0.4 is 0 Å². The second kappa shape index (κ2) is 4.16. The van der Waals surface area contributed by atoms with Gasteiger partial charge in [0.2, 0.25) is 0 Å². The molecule has 0 fully saturated rings. The van der Waals surface area contributed by atoms with Crippen molar-refractivity contribution in [2.75, 3.05) is 0 Å². The first-order chi connectivity index (χ1) is 9.16. The Bertz CT molecular complexity index is 782. The van der Waals surface area contributed by atoms with Crippen molar-refractivity contribution in [1.29, 1.82) is 0 Å². The number of hydrogen-bond acceptors (Lipinski definition) is 3. The van der Waals surface area contributed by atoms with Crippen molar-refractivity contribution >= 4 is 17.0 Å². The highest BCUT2D eigenvalue weighted by molar-refractivity contribution is 5.88. The van der Waals surface area contributed by atoms with Gasteiger partial charge in [-0.3, -0.25) is 0 Å². The minimum absolute atomic E-state index is 0.106. The minimum atomic E-state index is -1.17. The number of nitrogens with zero attached hydrogens (tertiary/aromatic N) is 3. The molecule has 1 heterocycles. The van der Waals surface area contributed by atoms with Crippen molar-refractivity contribution in [1.82, 2.24) is 15.0 Å². The number of hydrogen-bond donors (Lipinski definition) is 1. The molecule has 6 heteroatoms. The second-order valence-corrected chi connectivity index (χ2v) is 3.96. The summed E-state index contributed by atoms with van der Waals surface area (Å²) in [6.07, 6.45) is 0. The smallest absolute Gasteiger partial charge is 0.335 e. The molecule has 0 amide bonds. The summed E-state index contributed by atoms with van der Waals surface area (Å²) in [5.41, 5.74) is 1.36.